The highest BCUT2D eigenvalue weighted by Crippen LogP contribution is 2.35. The van der Waals surface area contributed by atoms with Crippen LogP contribution in [0, 0.1) is 0 Å². The second-order valence-corrected chi connectivity index (χ2v) is 9.90. The molecule has 116 valence electrons. The molecule has 21 heavy (non-hydrogen) atoms. The first-order valence-electron chi connectivity index (χ1n) is 8.26. The van der Waals surface area contributed by atoms with E-state index >= 15 is 0 Å². The minimum atomic E-state index is -1.70. The zero-order valence-electron chi connectivity index (χ0n) is 13.8. The van der Waals surface area contributed by atoms with Crippen LogP contribution in [0.1, 0.15) is 52.2 Å². The fourth-order valence-corrected chi connectivity index (χ4v) is 6.89. The van der Waals surface area contributed by atoms with E-state index in [1.807, 2.05) is 0 Å². The standard InChI is InChI=1S/C18H28O2Si/c1-5-8-9-10-13-19-16-11-12-18-17(14-16)15(4)20-21(18,6-2)7-3/h8-9,11-12,14-15H,5-7,10,13H2,1-4H3/b9-8-. The molecule has 0 radical (unpaired) electrons. The van der Waals surface area contributed by atoms with Crippen LogP contribution in [0.15, 0.2) is 30.4 Å². The van der Waals surface area contributed by atoms with Crippen molar-refractivity contribution >= 4 is 13.5 Å². The highest BCUT2D eigenvalue weighted by Gasteiger charge is 2.43. The summed E-state index contributed by atoms with van der Waals surface area (Å²) in [6, 6.07) is 8.89. The van der Waals surface area contributed by atoms with Crippen molar-refractivity contribution in [2.45, 2.75) is 58.7 Å². The zero-order chi connectivity index (χ0) is 15.3. The van der Waals surface area contributed by atoms with Gasteiger partial charge in [0, 0.05) is 0 Å². The van der Waals surface area contributed by atoms with Gasteiger partial charge in [-0.15, -0.1) is 0 Å². The van der Waals surface area contributed by atoms with Crippen molar-refractivity contribution in [3.63, 3.8) is 0 Å². The molecule has 0 saturated heterocycles. The quantitative estimate of drug-likeness (QED) is 0.413. The molecule has 0 fully saturated rings. The van der Waals surface area contributed by atoms with E-state index in [0.29, 0.717) is 0 Å². The first-order chi connectivity index (χ1) is 10.2. The summed E-state index contributed by atoms with van der Waals surface area (Å²) < 4.78 is 12.3. The van der Waals surface area contributed by atoms with Crippen LogP contribution >= 0.6 is 0 Å². The van der Waals surface area contributed by atoms with Gasteiger partial charge in [-0.3, -0.25) is 0 Å². The van der Waals surface area contributed by atoms with Crippen molar-refractivity contribution in [3.05, 3.63) is 35.9 Å². The Morgan fingerprint density at radius 2 is 1.95 bits per heavy atom. The van der Waals surface area contributed by atoms with Crippen molar-refractivity contribution < 1.29 is 9.16 Å². The van der Waals surface area contributed by atoms with Crippen molar-refractivity contribution in [2.75, 3.05) is 6.61 Å². The Balaban J connectivity index is 2.09. The molecule has 3 heteroatoms. The Kier molecular flexibility index (Phi) is 5.65. The third-order valence-electron chi connectivity index (χ3n) is 4.45. The summed E-state index contributed by atoms with van der Waals surface area (Å²) in [5.41, 5.74) is 1.35. The van der Waals surface area contributed by atoms with Crippen LogP contribution in [0.25, 0.3) is 0 Å². The number of rotatable bonds is 7. The highest BCUT2D eigenvalue weighted by atomic mass is 28.4. The molecule has 0 saturated carbocycles. The van der Waals surface area contributed by atoms with Gasteiger partial charge >= 0.3 is 0 Å². The second-order valence-electron chi connectivity index (χ2n) is 5.73. The summed E-state index contributed by atoms with van der Waals surface area (Å²) in [5, 5.41) is 1.48. The maximum absolute atomic E-state index is 6.40. The van der Waals surface area contributed by atoms with E-state index in [1.54, 1.807) is 0 Å². The van der Waals surface area contributed by atoms with Gasteiger partial charge in [0.05, 0.1) is 12.7 Å². The summed E-state index contributed by atoms with van der Waals surface area (Å²) in [7, 11) is -1.70. The van der Waals surface area contributed by atoms with E-state index in [2.05, 4.69) is 58.0 Å². The van der Waals surface area contributed by atoms with Crippen LogP contribution in [0.4, 0.5) is 0 Å². The van der Waals surface area contributed by atoms with Crippen LogP contribution in [0.5, 0.6) is 5.75 Å². The predicted molar refractivity (Wildman–Crippen MR) is 91.8 cm³/mol. The minimum Gasteiger partial charge on any atom is -0.493 e. The molecule has 1 aliphatic rings. The van der Waals surface area contributed by atoms with Gasteiger partial charge in [-0.05, 0) is 54.7 Å². The molecular formula is C18H28O2Si. The molecule has 0 amide bonds. The normalized spacial score (nSPS) is 19.9. The Bertz CT molecular complexity index is 492. The molecule has 1 heterocycles. The molecule has 1 aromatic carbocycles. The van der Waals surface area contributed by atoms with Gasteiger partial charge < -0.3 is 9.16 Å². The van der Waals surface area contributed by atoms with Crippen molar-refractivity contribution in [2.24, 2.45) is 0 Å². The fourth-order valence-electron chi connectivity index (χ4n) is 3.17. The van der Waals surface area contributed by atoms with Crippen LogP contribution in [-0.4, -0.2) is 14.9 Å². The van der Waals surface area contributed by atoms with Crippen molar-refractivity contribution in [3.8, 4) is 5.75 Å². The Morgan fingerprint density at radius 3 is 2.62 bits per heavy atom. The Hall–Kier alpha value is -1.06. The molecule has 0 bridgehead atoms. The number of ether oxygens (including phenoxy) is 1. The number of fused-ring (bicyclic) bond motifs is 1. The maximum Gasteiger partial charge on any atom is 0.224 e. The smallest absolute Gasteiger partial charge is 0.224 e. The summed E-state index contributed by atoms with van der Waals surface area (Å²) in [5.74, 6) is 0.978. The molecule has 0 spiro atoms. The van der Waals surface area contributed by atoms with Crippen molar-refractivity contribution in [1.29, 1.82) is 0 Å². The molecule has 0 N–H and O–H groups in total. The molecule has 2 rings (SSSR count). The maximum atomic E-state index is 6.40. The average molecular weight is 305 g/mol. The van der Waals surface area contributed by atoms with Gasteiger partial charge in [0.25, 0.3) is 0 Å². The lowest BCUT2D eigenvalue weighted by atomic mass is 10.1. The van der Waals surface area contributed by atoms with E-state index in [9.17, 15) is 0 Å². The number of hydrogen-bond donors (Lipinski definition) is 0. The predicted octanol–water partition coefficient (Wildman–Crippen LogP) is 4.71. The van der Waals surface area contributed by atoms with E-state index < -0.39 is 8.32 Å². The highest BCUT2D eigenvalue weighted by molar-refractivity contribution is 6.87. The third-order valence-corrected chi connectivity index (χ3v) is 8.98. The lowest BCUT2D eigenvalue weighted by Gasteiger charge is -2.24. The molecule has 1 atom stereocenters. The molecule has 1 aliphatic heterocycles. The molecule has 0 aromatic heterocycles. The Labute approximate surface area is 130 Å². The van der Waals surface area contributed by atoms with Crippen molar-refractivity contribution in [1.82, 2.24) is 0 Å². The topological polar surface area (TPSA) is 18.5 Å². The van der Waals surface area contributed by atoms with Gasteiger partial charge in [0.2, 0.25) is 8.32 Å². The average Bonchev–Trinajstić information content (AvgIpc) is 2.80. The first kappa shape index (κ1) is 16.3. The number of allylic oxidation sites excluding steroid dienone is 1. The SMILES string of the molecule is CC/C=C\CCOc1ccc2c(c1)C(C)O[Si]2(CC)CC. The third kappa shape index (κ3) is 3.41. The summed E-state index contributed by atoms with van der Waals surface area (Å²) in [6.45, 7) is 9.60. The van der Waals surface area contributed by atoms with Gasteiger partial charge in [0.1, 0.15) is 5.75 Å². The van der Waals surface area contributed by atoms with E-state index in [4.69, 9.17) is 9.16 Å². The van der Waals surface area contributed by atoms with Crippen LogP contribution in [-0.2, 0) is 4.43 Å². The Morgan fingerprint density at radius 1 is 1.19 bits per heavy atom. The molecular weight excluding hydrogens is 276 g/mol. The number of benzene rings is 1. The van der Waals surface area contributed by atoms with E-state index in [-0.39, 0.29) is 6.10 Å². The van der Waals surface area contributed by atoms with E-state index in [0.717, 1.165) is 37.3 Å². The first-order valence-corrected chi connectivity index (χ1v) is 10.6. The summed E-state index contributed by atoms with van der Waals surface area (Å²) in [6.07, 6.45) is 6.65. The molecule has 0 aliphatic carbocycles. The van der Waals surface area contributed by atoms with Crippen LogP contribution < -0.4 is 9.92 Å². The zero-order valence-corrected chi connectivity index (χ0v) is 14.8. The lowest BCUT2D eigenvalue weighted by molar-refractivity contribution is 0.232. The van der Waals surface area contributed by atoms with Gasteiger partial charge in [0.15, 0.2) is 0 Å². The fraction of sp³-hybridized carbons (Fsp3) is 0.556. The second kappa shape index (κ2) is 7.28. The summed E-state index contributed by atoms with van der Waals surface area (Å²) in [4.78, 5) is 0. The van der Waals surface area contributed by atoms with Crippen LogP contribution in [0.2, 0.25) is 12.1 Å². The van der Waals surface area contributed by atoms with Gasteiger partial charge in [-0.25, -0.2) is 0 Å². The van der Waals surface area contributed by atoms with E-state index in [1.165, 1.54) is 10.8 Å². The summed E-state index contributed by atoms with van der Waals surface area (Å²) >= 11 is 0. The number of hydrogen-bond acceptors (Lipinski definition) is 2. The van der Waals surface area contributed by atoms with Gasteiger partial charge in [-0.1, -0.05) is 39.0 Å². The molecule has 2 nitrogen and oxygen atoms in total. The van der Waals surface area contributed by atoms with Crippen LogP contribution in [0.3, 0.4) is 0 Å². The van der Waals surface area contributed by atoms with Gasteiger partial charge in [-0.2, -0.15) is 0 Å². The largest absolute Gasteiger partial charge is 0.493 e. The molecule has 1 unspecified atom stereocenters. The monoisotopic (exact) mass is 304 g/mol. The lowest BCUT2D eigenvalue weighted by Crippen LogP contribution is -2.45. The molecule has 1 aromatic rings. The minimum absolute atomic E-state index is 0.218.